The lowest BCUT2D eigenvalue weighted by Gasteiger charge is -2.38. The molecule has 2 N–H and O–H groups in total. The molecule has 0 saturated heterocycles. The van der Waals surface area contributed by atoms with Gasteiger partial charge in [-0.05, 0) is 55.9 Å². The third-order valence-electron chi connectivity index (χ3n) is 4.12. The number of hydrogen-bond acceptors (Lipinski definition) is 3. The summed E-state index contributed by atoms with van der Waals surface area (Å²) in [6.07, 6.45) is 3.69. The van der Waals surface area contributed by atoms with Crippen molar-refractivity contribution in [3.63, 3.8) is 0 Å². The summed E-state index contributed by atoms with van der Waals surface area (Å²) in [6.45, 7) is 2.12. The fraction of sp³-hybridized carbons (Fsp3) is 0.562. The zero-order chi connectivity index (χ0) is 15.3. The Bertz CT molecular complexity index is 467. The van der Waals surface area contributed by atoms with Crippen LogP contribution in [-0.2, 0) is 4.79 Å². The van der Waals surface area contributed by atoms with E-state index in [4.69, 9.17) is 16.3 Å². The topological polar surface area (TPSA) is 58.6 Å². The molecule has 5 heteroatoms. The summed E-state index contributed by atoms with van der Waals surface area (Å²) in [5, 5.41) is 13.2. The summed E-state index contributed by atoms with van der Waals surface area (Å²) in [7, 11) is 0. The molecule has 1 fully saturated rings. The first-order valence-corrected chi connectivity index (χ1v) is 7.71. The molecule has 0 unspecified atom stereocenters. The lowest BCUT2D eigenvalue weighted by molar-refractivity contribution is -0.126. The largest absolute Gasteiger partial charge is 0.484 e. The van der Waals surface area contributed by atoms with Gasteiger partial charge in [0.1, 0.15) is 5.75 Å². The van der Waals surface area contributed by atoms with E-state index in [0.29, 0.717) is 16.7 Å². The Morgan fingerprint density at radius 2 is 2.00 bits per heavy atom. The number of carbonyl (C=O) groups is 1. The highest BCUT2D eigenvalue weighted by molar-refractivity contribution is 6.30. The van der Waals surface area contributed by atoms with Crippen LogP contribution in [0.15, 0.2) is 24.3 Å². The fourth-order valence-electron chi connectivity index (χ4n) is 2.65. The number of aliphatic hydroxyl groups is 1. The smallest absolute Gasteiger partial charge is 0.258 e. The molecule has 1 aliphatic carbocycles. The van der Waals surface area contributed by atoms with Gasteiger partial charge in [-0.15, -0.1) is 0 Å². The second-order valence-electron chi connectivity index (χ2n) is 5.91. The summed E-state index contributed by atoms with van der Waals surface area (Å²) >= 11 is 5.79. The first kappa shape index (κ1) is 16.1. The zero-order valence-electron chi connectivity index (χ0n) is 12.3. The number of aliphatic hydroxyl groups excluding tert-OH is 1. The number of hydrogen-bond donors (Lipinski definition) is 2. The van der Waals surface area contributed by atoms with Crippen molar-refractivity contribution in [1.82, 2.24) is 5.32 Å². The molecule has 0 aliphatic heterocycles. The number of amides is 1. The minimum atomic E-state index is -0.479. The van der Waals surface area contributed by atoms with Gasteiger partial charge in [0.2, 0.25) is 0 Å². The Morgan fingerprint density at radius 3 is 2.57 bits per heavy atom. The van der Waals surface area contributed by atoms with E-state index in [1.54, 1.807) is 24.3 Å². The van der Waals surface area contributed by atoms with Crippen LogP contribution in [0.2, 0.25) is 5.02 Å². The molecule has 1 amide bonds. The van der Waals surface area contributed by atoms with Crippen molar-refractivity contribution in [3.05, 3.63) is 29.3 Å². The van der Waals surface area contributed by atoms with E-state index in [1.807, 2.05) is 0 Å². The molecule has 116 valence electrons. The third kappa shape index (κ3) is 4.61. The van der Waals surface area contributed by atoms with Crippen LogP contribution in [0.5, 0.6) is 5.75 Å². The fourth-order valence-corrected chi connectivity index (χ4v) is 2.77. The molecule has 21 heavy (non-hydrogen) atoms. The number of benzene rings is 1. The van der Waals surface area contributed by atoms with Crippen molar-refractivity contribution in [2.75, 3.05) is 13.2 Å². The maximum Gasteiger partial charge on any atom is 0.258 e. The normalized spacial score (nSPS) is 25.4. The predicted molar refractivity (Wildman–Crippen MR) is 82.5 cm³/mol. The highest BCUT2D eigenvalue weighted by atomic mass is 35.5. The monoisotopic (exact) mass is 311 g/mol. The Labute approximate surface area is 130 Å². The summed E-state index contributed by atoms with van der Waals surface area (Å²) in [5.74, 6) is 1.06. The van der Waals surface area contributed by atoms with Gasteiger partial charge >= 0.3 is 0 Å². The summed E-state index contributed by atoms with van der Waals surface area (Å²) < 4.78 is 5.42. The van der Waals surface area contributed by atoms with Crippen LogP contribution in [0.1, 0.15) is 32.6 Å². The van der Waals surface area contributed by atoms with Crippen LogP contribution >= 0.6 is 11.6 Å². The highest BCUT2D eigenvalue weighted by Crippen LogP contribution is 2.31. The number of carbonyl (C=O) groups excluding carboxylic acids is 1. The second kappa shape index (κ2) is 7.14. The maximum atomic E-state index is 12.0. The standard InChI is InChI=1S/C16H22ClNO3/c1-12-6-8-16(11-19,9-7-12)18-15(20)10-21-14-4-2-13(17)3-5-14/h2-5,12,19H,6-11H2,1H3,(H,18,20). The van der Waals surface area contributed by atoms with E-state index in [9.17, 15) is 9.90 Å². The van der Waals surface area contributed by atoms with Crippen molar-refractivity contribution in [2.45, 2.75) is 38.1 Å². The number of nitrogens with one attached hydrogen (secondary N) is 1. The number of ether oxygens (including phenoxy) is 1. The summed E-state index contributed by atoms with van der Waals surface area (Å²) in [6, 6.07) is 6.87. The van der Waals surface area contributed by atoms with E-state index in [2.05, 4.69) is 12.2 Å². The van der Waals surface area contributed by atoms with Crippen molar-refractivity contribution in [1.29, 1.82) is 0 Å². The van der Waals surface area contributed by atoms with Crippen molar-refractivity contribution < 1.29 is 14.6 Å². The van der Waals surface area contributed by atoms with Crippen LogP contribution in [0, 0.1) is 5.92 Å². The zero-order valence-corrected chi connectivity index (χ0v) is 13.0. The van der Waals surface area contributed by atoms with Crippen LogP contribution in [0.25, 0.3) is 0 Å². The summed E-state index contributed by atoms with van der Waals surface area (Å²) in [5.41, 5.74) is -0.479. The van der Waals surface area contributed by atoms with Gasteiger partial charge in [-0.25, -0.2) is 0 Å². The number of halogens is 1. The highest BCUT2D eigenvalue weighted by Gasteiger charge is 2.34. The Kier molecular flexibility index (Phi) is 5.48. The first-order valence-electron chi connectivity index (χ1n) is 7.33. The molecule has 1 aromatic rings. The summed E-state index contributed by atoms with van der Waals surface area (Å²) in [4.78, 5) is 12.0. The lowest BCUT2D eigenvalue weighted by atomic mass is 9.77. The average Bonchev–Trinajstić information content (AvgIpc) is 2.49. The molecule has 1 aliphatic rings. The minimum Gasteiger partial charge on any atom is -0.484 e. The van der Waals surface area contributed by atoms with E-state index in [1.165, 1.54) is 0 Å². The molecule has 1 saturated carbocycles. The second-order valence-corrected chi connectivity index (χ2v) is 6.35. The Morgan fingerprint density at radius 1 is 1.38 bits per heavy atom. The van der Waals surface area contributed by atoms with Crippen molar-refractivity contribution in [2.24, 2.45) is 5.92 Å². The van der Waals surface area contributed by atoms with Gasteiger partial charge in [-0.3, -0.25) is 4.79 Å². The molecule has 0 bridgehead atoms. The third-order valence-corrected chi connectivity index (χ3v) is 4.37. The molecule has 0 atom stereocenters. The van der Waals surface area contributed by atoms with Gasteiger partial charge in [0.05, 0.1) is 12.1 Å². The van der Waals surface area contributed by atoms with Gasteiger partial charge in [0.25, 0.3) is 5.91 Å². The molecule has 4 nitrogen and oxygen atoms in total. The van der Waals surface area contributed by atoms with Gasteiger partial charge in [-0.1, -0.05) is 18.5 Å². The average molecular weight is 312 g/mol. The van der Waals surface area contributed by atoms with E-state index in [0.717, 1.165) is 25.7 Å². The Hall–Kier alpha value is -1.26. The van der Waals surface area contributed by atoms with Crippen LogP contribution in [-0.4, -0.2) is 29.8 Å². The van der Waals surface area contributed by atoms with E-state index in [-0.39, 0.29) is 19.1 Å². The maximum absolute atomic E-state index is 12.0. The van der Waals surface area contributed by atoms with Gasteiger partial charge < -0.3 is 15.2 Å². The predicted octanol–water partition coefficient (Wildman–Crippen LogP) is 2.78. The Balaban J connectivity index is 1.84. The minimum absolute atomic E-state index is 0.0214. The molecule has 0 radical (unpaired) electrons. The van der Waals surface area contributed by atoms with E-state index >= 15 is 0 Å². The van der Waals surface area contributed by atoms with Crippen LogP contribution in [0.4, 0.5) is 0 Å². The molecule has 0 heterocycles. The SMILES string of the molecule is CC1CCC(CO)(NC(=O)COc2ccc(Cl)cc2)CC1. The number of rotatable bonds is 5. The first-order chi connectivity index (χ1) is 10.0. The molecule has 0 spiro atoms. The molecule has 0 aromatic heterocycles. The van der Waals surface area contributed by atoms with Crippen molar-refractivity contribution >= 4 is 17.5 Å². The van der Waals surface area contributed by atoms with Gasteiger partial charge in [0, 0.05) is 5.02 Å². The molecule has 1 aromatic carbocycles. The van der Waals surface area contributed by atoms with Crippen molar-refractivity contribution in [3.8, 4) is 5.75 Å². The quantitative estimate of drug-likeness (QED) is 0.879. The lowest BCUT2D eigenvalue weighted by Crippen LogP contribution is -2.54. The van der Waals surface area contributed by atoms with E-state index < -0.39 is 5.54 Å². The van der Waals surface area contributed by atoms with Crippen LogP contribution in [0.3, 0.4) is 0 Å². The molecular formula is C16H22ClNO3. The van der Waals surface area contributed by atoms with Gasteiger partial charge in [0.15, 0.2) is 6.61 Å². The van der Waals surface area contributed by atoms with Gasteiger partial charge in [-0.2, -0.15) is 0 Å². The molecular weight excluding hydrogens is 290 g/mol. The molecule has 2 rings (SSSR count). The van der Waals surface area contributed by atoms with Crippen LogP contribution < -0.4 is 10.1 Å².